The van der Waals surface area contributed by atoms with E-state index in [-0.39, 0.29) is 5.41 Å². The van der Waals surface area contributed by atoms with Gasteiger partial charge in [0, 0.05) is 18.2 Å². The van der Waals surface area contributed by atoms with Crippen LogP contribution in [0.15, 0.2) is 36.4 Å². The summed E-state index contributed by atoms with van der Waals surface area (Å²) >= 11 is 0. The summed E-state index contributed by atoms with van der Waals surface area (Å²) in [5, 5.41) is 3.16. The number of rotatable bonds is 8. The van der Waals surface area contributed by atoms with E-state index in [2.05, 4.69) is 51.2 Å². The van der Waals surface area contributed by atoms with Crippen LogP contribution in [0.1, 0.15) is 37.5 Å². The molecule has 0 atom stereocenters. The molecule has 4 heteroatoms. The highest BCUT2D eigenvalue weighted by atomic mass is 16.5. The van der Waals surface area contributed by atoms with Crippen LogP contribution in [-0.4, -0.2) is 27.4 Å². The molecule has 0 heterocycles. The highest BCUT2D eigenvalue weighted by Crippen LogP contribution is 2.32. The first kappa shape index (κ1) is 20.1. The quantitative estimate of drug-likeness (QED) is 0.707. The van der Waals surface area contributed by atoms with Crippen molar-refractivity contribution in [2.24, 2.45) is 0 Å². The molecule has 0 saturated heterocycles. The lowest BCUT2D eigenvalue weighted by Gasteiger charge is -2.23. The molecule has 0 aliphatic carbocycles. The summed E-state index contributed by atoms with van der Waals surface area (Å²) in [4.78, 5) is 0. The van der Waals surface area contributed by atoms with E-state index in [1.165, 1.54) is 11.1 Å². The molecule has 4 nitrogen and oxygen atoms in total. The maximum absolute atomic E-state index is 6.05. The molecule has 0 aromatic heterocycles. The van der Waals surface area contributed by atoms with Crippen molar-refractivity contribution in [3.8, 4) is 17.2 Å². The van der Waals surface area contributed by atoms with Gasteiger partial charge >= 0.3 is 0 Å². The number of hydrogen-bond donors (Lipinski definition) is 1. The Morgan fingerprint density at radius 3 is 2.23 bits per heavy atom. The van der Waals surface area contributed by atoms with Crippen molar-refractivity contribution in [3.05, 3.63) is 53.1 Å². The van der Waals surface area contributed by atoms with Gasteiger partial charge in [0.15, 0.2) is 0 Å². The van der Waals surface area contributed by atoms with Crippen molar-refractivity contribution in [1.82, 2.24) is 5.32 Å². The summed E-state index contributed by atoms with van der Waals surface area (Å²) < 4.78 is 17.3. The maximum Gasteiger partial charge on any atom is 0.127 e. The molecule has 0 amide bonds. The standard InChI is InChI=1S/C22H31NO3/c1-16-7-10-19(22(2,3)4)21(13-16)26-12-11-25-20-14-18(24-6)9-8-17(20)15-23-5/h7-10,13-14,23H,11-12,15H2,1-6H3. The summed E-state index contributed by atoms with van der Waals surface area (Å²) in [5.41, 5.74) is 3.54. The summed E-state index contributed by atoms with van der Waals surface area (Å²) in [6.45, 7) is 10.4. The summed E-state index contributed by atoms with van der Waals surface area (Å²) in [5.74, 6) is 2.54. The van der Waals surface area contributed by atoms with Crippen LogP contribution in [0, 0.1) is 6.92 Å². The van der Waals surface area contributed by atoms with Crippen LogP contribution >= 0.6 is 0 Å². The minimum absolute atomic E-state index is 0.0383. The maximum atomic E-state index is 6.05. The fraction of sp³-hybridized carbons (Fsp3) is 0.455. The molecule has 0 aliphatic heterocycles. The van der Waals surface area contributed by atoms with E-state index in [1.54, 1.807) is 7.11 Å². The van der Waals surface area contributed by atoms with Crippen molar-refractivity contribution in [2.75, 3.05) is 27.4 Å². The number of hydrogen-bond acceptors (Lipinski definition) is 4. The SMILES string of the molecule is CNCc1ccc(OC)cc1OCCOc1cc(C)ccc1C(C)(C)C. The Labute approximate surface area is 157 Å². The van der Waals surface area contributed by atoms with Crippen molar-refractivity contribution >= 4 is 0 Å². The average Bonchev–Trinajstić information content (AvgIpc) is 2.59. The van der Waals surface area contributed by atoms with Crippen LogP contribution in [0.25, 0.3) is 0 Å². The first-order valence-corrected chi connectivity index (χ1v) is 9.03. The zero-order valence-electron chi connectivity index (χ0n) is 16.8. The van der Waals surface area contributed by atoms with Crippen LogP contribution < -0.4 is 19.5 Å². The van der Waals surface area contributed by atoms with Gasteiger partial charge in [0.1, 0.15) is 30.5 Å². The van der Waals surface area contributed by atoms with Crippen LogP contribution in [0.5, 0.6) is 17.2 Å². The Morgan fingerprint density at radius 2 is 1.62 bits per heavy atom. The van der Waals surface area contributed by atoms with Gasteiger partial charge in [-0.3, -0.25) is 0 Å². The number of ether oxygens (including phenoxy) is 3. The smallest absolute Gasteiger partial charge is 0.127 e. The van der Waals surface area contributed by atoms with Crippen LogP contribution in [0.4, 0.5) is 0 Å². The van der Waals surface area contributed by atoms with Crippen molar-refractivity contribution < 1.29 is 14.2 Å². The third-order valence-corrected chi connectivity index (χ3v) is 4.19. The Balaban J connectivity index is 2.02. The van der Waals surface area contributed by atoms with Gasteiger partial charge in [-0.05, 0) is 42.6 Å². The number of nitrogens with one attached hydrogen (secondary N) is 1. The van der Waals surface area contributed by atoms with Crippen LogP contribution in [-0.2, 0) is 12.0 Å². The van der Waals surface area contributed by atoms with E-state index in [9.17, 15) is 0 Å². The molecule has 142 valence electrons. The number of methoxy groups -OCH3 is 1. The molecule has 0 fully saturated rings. The Bertz CT molecular complexity index is 720. The fourth-order valence-corrected chi connectivity index (χ4v) is 2.80. The first-order valence-electron chi connectivity index (χ1n) is 9.03. The van der Waals surface area contributed by atoms with Crippen LogP contribution in [0.3, 0.4) is 0 Å². The molecule has 1 N–H and O–H groups in total. The number of aryl methyl sites for hydroxylation is 1. The molecule has 0 saturated carbocycles. The summed E-state index contributed by atoms with van der Waals surface area (Å²) in [6.07, 6.45) is 0. The molecule has 26 heavy (non-hydrogen) atoms. The second kappa shape index (κ2) is 8.95. The summed E-state index contributed by atoms with van der Waals surface area (Å²) in [6, 6.07) is 12.3. The largest absolute Gasteiger partial charge is 0.497 e. The van der Waals surface area contributed by atoms with Crippen molar-refractivity contribution in [1.29, 1.82) is 0 Å². The molecule has 0 unspecified atom stereocenters. The second-order valence-corrected chi connectivity index (χ2v) is 7.45. The van der Waals surface area contributed by atoms with Gasteiger partial charge in [-0.15, -0.1) is 0 Å². The zero-order valence-corrected chi connectivity index (χ0v) is 16.8. The predicted molar refractivity (Wildman–Crippen MR) is 107 cm³/mol. The molecule has 0 aliphatic rings. The molecule has 0 spiro atoms. The monoisotopic (exact) mass is 357 g/mol. The summed E-state index contributed by atoms with van der Waals surface area (Å²) in [7, 11) is 3.58. The minimum Gasteiger partial charge on any atom is -0.497 e. The van der Waals surface area contributed by atoms with E-state index in [1.807, 2.05) is 25.2 Å². The zero-order chi connectivity index (χ0) is 19.2. The Morgan fingerprint density at radius 1 is 0.923 bits per heavy atom. The van der Waals surface area contributed by atoms with Crippen LogP contribution in [0.2, 0.25) is 0 Å². The highest BCUT2D eigenvalue weighted by molar-refractivity contribution is 5.42. The fourth-order valence-electron chi connectivity index (χ4n) is 2.80. The van der Waals surface area contributed by atoms with Gasteiger partial charge in [-0.25, -0.2) is 0 Å². The Hall–Kier alpha value is -2.20. The lowest BCUT2D eigenvalue weighted by molar-refractivity contribution is 0.212. The topological polar surface area (TPSA) is 39.7 Å². The van der Waals surface area contributed by atoms with Gasteiger partial charge < -0.3 is 19.5 Å². The van der Waals surface area contributed by atoms with Crippen molar-refractivity contribution in [3.63, 3.8) is 0 Å². The molecule has 2 aromatic carbocycles. The Kier molecular flexibility index (Phi) is 6.92. The molecule has 0 radical (unpaired) electrons. The van der Waals surface area contributed by atoms with E-state index in [4.69, 9.17) is 14.2 Å². The highest BCUT2D eigenvalue weighted by Gasteiger charge is 2.19. The van der Waals surface area contributed by atoms with Crippen molar-refractivity contribution in [2.45, 2.75) is 39.7 Å². The van der Waals surface area contributed by atoms with E-state index < -0.39 is 0 Å². The molecule has 2 aromatic rings. The van der Waals surface area contributed by atoms with Gasteiger partial charge in [-0.1, -0.05) is 39.0 Å². The van der Waals surface area contributed by atoms with Gasteiger partial charge in [0.05, 0.1) is 7.11 Å². The first-order chi connectivity index (χ1) is 12.3. The van der Waals surface area contributed by atoms with E-state index in [0.717, 1.165) is 29.4 Å². The second-order valence-electron chi connectivity index (χ2n) is 7.45. The molecular weight excluding hydrogens is 326 g/mol. The molecule has 2 rings (SSSR count). The average molecular weight is 357 g/mol. The third-order valence-electron chi connectivity index (χ3n) is 4.19. The lowest BCUT2D eigenvalue weighted by atomic mass is 9.86. The molecule has 0 bridgehead atoms. The normalized spacial score (nSPS) is 11.3. The molecular formula is C22H31NO3. The lowest BCUT2D eigenvalue weighted by Crippen LogP contribution is -2.16. The third kappa shape index (κ3) is 5.40. The van der Waals surface area contributed by atoms with E-state index >= 15 is 0 Å². The van der Waals surface area contributed by atoms with E-state index in [0.29, 0.717) is 13.2 Å². The predicted octanol–water partition coefficient (Wildman–Crippen LogP) is 4.48. The number of benzene rings is 2. The van der Waals surface area contributed by atoms with Gasteiger partial charge in [0.2, 0.25) is 0 Å². The van der Waals surface area contributed by atoms with Gasteiger partial charge in [0.25, 0.3) is 0 Å². The van der Waals surface area contributed by atoms with Gasteiger partial charge in [-0.2, -0.15) is 0 Å². The minimum atomic E-state index is 0.0383.